The van der Waals surface area contributed by atoms with Crippen LogP contribution in [-0.4, -0.2) is 63.7 Å². The van der Waals surface area contributed by atoms with E-state index < -0.39 is 6.04 Å². The van der Waals surface area contributed by atoms with Crippen LogP contribution in [0.15, 0.2) is 30.9 Å². The van der Waals surface area contributed by atoms with E-state index in [4.69, 9.17) is 9.47 Å². The van der Waals surface area contributed by atoms with Crippen LogP contribution >= 0.6 is 0 Å². The molecule has 1 aromatic carbocycles. The van der Waals surface area contributed by atoms with Crippen molar-refractivity contribution >= 4 is 17.0 Å². The Morgan fingerprint density at radius 1 is 1.07 bits per heavy atom. The molecule has 0 atom stereocenters. The van der Waals surface area contributed by atoms with Gasteiger partial charge < -0.3 is 29.6 Å². The van der Waals surface area contributed by atoms with E-state index >= 15 is 0 Å². The van der Waals surface area contributed by atoms with Crippen molar-refractivity contribution in [2.24, 2.45) is 0 Å². The zero-order valence-corrected chi connectivity index (χ0v) is 15.3. The number of benzene rings is 1. The number of ether oxygens (including phenoxy) is 2. The van der Waals surface area contributed by atoms with Gasteiger partial charge in [-0.25, -0.2) is 15.0 Å². The van der Waals surface area contributed by atoms with Gasteiger partial charge >= 0.3 is 0 Å². The van der Waals surface area contributed by atoms with Crippen molar-refractivity contribution in [1.29, 1.82) is 0 Å². The third kappa shape index (κ3) is 3.93. The summed E-state index contributed by atoms with van der Waals surface area (Å²) in [6.07, 6.45) is 3.74. The summed E-state index contributed by atoms with van der Waals surface area (Å²) < 4.78 is 12.2. The normalized spacial score (nSPS) is 11.1. The number of rotatable bonds is 9. The molecule has 9 heteroatoms. The molecule has 0 saturated carbocycles. The summed E-state index contributed by atoms with van der Waals surface area (Å²) in [5, 5.41) is 22.0. The van der Waals surface area contributed by atoms with Crippen molar-refractivity contribution in [3.8, 4) is 11.5 Å². The minimum atomic E-state index is -0.482. The Morgan fingerprint density at radius 3 is 2.56 bits per heavy atom. The summed E-state index contributed by atoms with van der Waals surface area (Å²) in [5.41, 5.74) is 2.25. The third-order valence-corrected chi connectivity index (χ3v) is 4.33. The van der Waals surface area contributed by atoms with Gasteiger partial charge in [0.2, 0.25) is 0 Å². The Kier molecular flexibility index (Phi) is 6.05. The summed E-state index contributed by atoms with van der Waals surface area (Å²) in [4.78, 5) is 12.8. The van der Waals surface area contributed by atoms with E-state index in [1.807, 2.05) is 18.2 Å². The highest BCUT2D eigenvalue weighted by Crippen LogP contribution is 2.27. The molecule has 3 aromatic rings. The van der Waals surface area contributed by atoms with E-state index in [-0.39, 0.29) is 13.2 Å². The van der Waals surface area contributed by atoms with Crippen LogP contribution < -0.4 is 14.8 Å². The van der Waals surface area contributed by atoms with Crippen LogP contribution in [0.5, 0.6) is 11.5 Å². The summed E-state index contributed by atoms with van der Waals surface area (Å²) in [5.74, 6) is 1.99. The molecule has 2 heterocycles. The van der Waals surface area contributed by atoms with E-state index in [2.05, 4.69) is 20.3 Å². The zero-order valence-electron chi connectivity index (χ0n) is 15.3. The fraction of sp³-hybridized carbons (Fsp3) is 0.389. The number of hydrogen-bond donors (Lipinski definition) is 3. The van der Waals surface area contributed by atoms with Crippen molar-refractivity contribution in [2.75, 3.05) is 39.3 Å². The smallest absolute Gasteiger partial charge is 0.165 e. The van der Waals surface area contributed by atoms with Gasteiger partial charge in [-0.15, -0.1) is 0 Å². The maximum absolute atomic E-state index is 9.39. The number of hydrogen-bond acceptors (Lipinski definition) is 8. The second kappa shape index (κ2) is 8.65. The van der Waals surface area contributed by atoms with Gasteiger partial charge in [-0.2, -0.15) is 0 Å². The average Bonchev–Trinajstić information content (AvgIpc) is 3.14. The van der Waals surface area contributed by atoms with Gasteiger partial charge in [0, 0.05) is 6.54 Å². The Hall–Kier alpha value is -2.91. The Labute approximate surface area is 156 Å². The zero-order chi connectivity index (χ0) is 19.2. The van der Waals surface area contributed by atoms with Gasteiger partial charge in [0.05, 0.1) is 39.8 Å². The number of imidazole rings is 1. The molecule has 27 heavy (non-hydrogen) atoms. The molecule has 0 aliphatic rings. The summed E-state index contributed by atoms with van der Waals surface area (Å²) in [7, 11) is 3.22. The molecule has 3 rings (SSSR count). The van der Waals surface area contributed by atoms with Gasteiger partial charge in [-0.05, 0) is 24.1 Å². The van der Waals surface area contributed by atoms with Crippen LogP contribution in [0.2, 0.25) is 0 Å². The average molecular weight is 373 g/mol. The van der Waals surface area contributed by atoms with Gasteiger partial charge in [-0.1, -0.05) is 6.07 Å². The molecule has 0 fully saturated rings. The number of nitrogens with one attached hydrogen (secondary N) is 1. The molecule has 3 N–H and O–H groups in total. The minimum Gasteiger partial charge on any atom is -0.493 e. The quantitative estimate of drug-likeness (QED) is 0.509. The SMILES string of the molecule is COc1ccc(CCNc2ncnc3c2ncn3C(CO)CO)cc1OC. The van der Waals surface area contributed by atoms with E-state index in [0.29, 0.717) is 35.0 Å². The lowest BCUT2D eigenvalue weighted by Gasteiger charge is -2.13. The summed E-state index contributed by atoms with van der Waals surface area (Å²) in [6, 6.07) is 5.32. The van der Waals surface area contributed by atoms with E-state index in [1.165, 1.54) is 6.33 Å². The standard InChI is InChI=1S/C18H23N5O4/c1-26-14-4-3-12(7-15(14)27-2)5-6-19-17-16-18(21-10-20-17)23(11-22-16)13(8-24)9-25/h3-4,7,10-11,13,24-25H,5-6,8-9H2,1-2H3,(H,19,20,21). The lowest BCUT2D eigenvalue weighted by molar-refractivity contribution is 0.156. The van der Waals surface area contributed by atoms with Crippen LogP contribution in [0.4, 0.5) is 5.82 Å². The fourth-order valence-corrected chi connectivity index (χ4v) is 2.84. The number of nitrogens with zero attached hydrogens (tertiary/aromatic N) is 4. The Morgan fingerprint density at radius 2 is 1.85 bits per heavy atom. The largest absolute Gasteiger partial charge is 0.493 e. The van der Waals surface area contributed by atoms with E-state index in [0.717, 1.165) is 12.0 Å². The molecule has 0 unspecified atom stereocenters. The molecule has 0 spiro atoms. The van der Waals surface area contributed by atoms with Crippen molar-refractivity contribution in [3.63, 3.8) is 0 Å². The number of fused-ring (bicyclic) bond motifs is 1. The molecular weight excluding hydrogens is 350 g/mol. The predicted molar refractivity (Wildman–Crippen MR) is 100 cm³/mol. The number of aliphatic hydroxyl groups excluding tert-OH is 2. The molecule has 0 saturated heterocycles. The van der Waals surface area contributed by atoms with E-state index in [9.17, 15) is 10.2 Å². The van der Waals surface area contributed by atoms with Crippen molar-refractivity contribution in [2.45, 2.75) is 12.5 Å². The van der Waals surface area contributed by atoms with Gasteiger partial charge in [-0.3, -0.25) is 0 Å². The predicted octanol–water partition coefficient (Wildman–Crippen LogP) is 1.02. The summed E-state index contributed by atoms with van der Waals surface area (Å²) >= 11 is 0. The topological polar surface area (TPSA) is 115 Å². The van der Waals surface area contributed by atoms with Crippen LogP contribution in [0.1, 0.15) is 11.6 Å². The van der Waals surface area contributed by atoms with Crippen LogP contribution in [-0.2, 0) is 6.42 Å². The molecule has 2 aromatic heterocycles. The van der Waals surface area contributed by atoms with Gasteiger partial charge in [0.15, 0.2) is 23.0 Å². The number of aromatic nitrogens is 4. The molecule has 0 amide bonds. The first-order valence-electron chi connectivity index (χ1n) is 8.55. The maximum atomic E-state index is 9.39. The fourth-order valence-electron chi connectivity index (χ4n) is 2.84. The van der Waals surface area contributed by atoms with Gasteiger partial charge in [0.25, 0.3) is 0 Å². The van der Waals surface area contributed by atoms with Crippen LogP contribution in [0, 0.1) is 0 Å². The summed E-state index contributed by atoms with van der Waals surface area (Å²) in [6.45, 7) is 0.236. The first kappa shape index (κ1) is 18.9. The molecule has 9 nitrogen and oxygen atoms in total. The first-order chi connectivity index (χ1) is 13.2. The maximum Gasteiger partial charge on any atom is 0.165 e. The number of methoxy groups -OCH3 is 2. The lowest BCUT2D eigenvalue weighted by atomic mass is 10.1. The highest BCUT2D eigenvalue weighted by atomic mass is 16.5. The Bertz CT molecular complexity index is 895. The molecule has 0 radical (unpaired) electrons. The van der Waals surface area contributed by atoms with Crippen molar-refractivity contribution < 1.29 is 19.7 Å². The van der Waals surface area contributed by atoms with Gasteiger partial charge in [0.1, 0.15) is 11.8 Å². The molecule has 0 aliphatic carbocycles. The Balaban J connectivity index is 1.72. The highest BCUT2D eigenvalue weighted by Gasteiger charge is 2.16. The molecular formula is C18H23N5O4. The van der Waals surface area contributed by atoms with Crippen molar-refractivity contribution in [1.82, 2.24) is 19.5 Å². The molecule has 0 bridgehead atoms. The lowest BCUT2D eigenvalue weighted by Crippen LogP contribution is -2.16. The number of anilines is 1. The second-order valence-corrected chi connectivity index (χ2v) is 5.93. The number of aliphatic hydroxyl groups is 2. The molecule has 0 aliphatic heterocycles. The first-order valence-corrected chi connectivity index (χ1v) is 8.55. The monoisotopic (exact) mass is 373 g/mol. The van der Waals surface area contributed by atoms with Crippen LogP contribution in [0.3, 0.4) is 0 Å². The van der Waals surface area contributed by atoms with E-state index in [1.54, 1.807) is 25.1 Å². The minimum absolute atomic E-state index is 0.200. The molecule has 144 valence electrons. The highest BCUT2D eigenvalue weighted by molar-refractivity contribution is 5.82. The van der Waals surface area contributed by atoms with Crippen LogP contribution in [0.25, 0.3) is 11.2 Å². The second-order valence-electron chi connectivity index (χ2n) is 5.93. The third-order valence-electron chi connectivity index (χ3n) is 4.33. The van der Waals surface area contributed by atoms with Crippen molar-refractivity contribution in [3.05, 3.63) is 36.4 Å².